The molecule has 0 unspecified atom stereocenters. The summed E-state index contributed by atoms with van der Waals surface area (Å²) >= 11 is 5.98. The van der Waals surface area contributed by atoms with E-state index in [1.165, 1.54) is 12.1 Å². The van der Waals surface area contributed by atoms with E-state index >= 15 is 0 Å². The van der Waals surface area contributed by atoms with Gasteiger partial charge in [0.2, 0.25) is 0 Å². The van der Waals surface area contributed by atoms with Crippen LogP contribution in [-0.2, 0) is 4.79 Å². The van der Waals surface area contributed by atoms with Gasteiger partial charge in [-0.25, -0.2) is 0 Å². The first kappa shape index (κ1) is 17.7. The van der Waals surface area contributed by atoms with Gasteiger partial charge in [-0.2, -0.15) is 0 Å². The molecule has 134 valence electrons. The summed E-state index contributed by atoms with van der Waals surface area (Å²) in [6.45, 7) is 1.74. The summed E-state index contributed by atoms with van der Waals surface area (Å²) in [6, 6.07) is 8.48. The quantitative estimate of drug-likeness (QED) is 0.630. The fourth-order valence-electron chi connectivity index (χ4n) is 2.53. The summed E-state index contributed by atoms with van der Waals surface area (Å²) < 4.78 is 5.30. The number of halogens is 1. The zero-order valence-corrected chi connectivity index (χ0v) is 14.4. The Bertz CT molecular complexity index is 915. The lowest BCUT2D eigenvalue weighted by Gasteiger charge is -2.21. The molecule has 1 aliphatic heterocycles. The number of nitrogens with one attached hydrogen (secondary N) is 2. The lowest BCUT2D eigenvalue weighted by Crippen LogP contribution is -2.28. The molecule has 2 aromatic rings. The highest BCUT2D eigenvalue weighted by atomic mass is 35.5. The number of anilines is 1. The summed E-state index contributed by atoms with van der Waals surface area (Å²) in [5, 5.41) is 16.2. The van der Waals surface area contributed by atoms with Gasteiger partial charge in [0.05, 0.1) is 27.2 Å². The number of benzene rings is 2. The summed E-state index contributed by atoms with van der Waals surface area (Å²) in [5.74, 6) is -0.148. The second kappa shape index (κ2) is 7.01. The molecule has 8 nitrogen and oxygen atoms in total. The van der Waals surface area contributed by atoms with Crippen molar-refractivity contribution in [1.29, 1.82) is 0 Å². The molecule has 2 aromatic carbocycles. The maximum atomic E-state index is 12.4. The van der Waals surface area contributed by atoms with Crippen LogP contribution >= 0.6 is 11.6 Å². The number of nitro benzene ring substituents is 1. The molecule has 26 heavy (non-hydrogen) atoms. The Hall–Kier alpha value is -3.13. The van der Waals surface area contributed by atoms with Crippen LogP contribution < -0.4 is 15.4 Å². The highest BCUT2D eigenvalue weighted by Gasteiger charge is 2.20. The Labute approximate surface area is 153 Å². The number of nitrogens with zero attached hydrogens (tertiary/aromatic N) is 1. The van der Waals surface area contributed by atoms with Crippen molar-refractivity contribution in [2.24, 2.45) is 0 Å². The third-order valence-electron chi connectivity index (χ3n) is 3.89. The van der Waals surface area contributed by atoms with Crippen molar-refractivity contribution >= 4 is 34.8 Å². The molecule has 1 aliphatic rings. The Morgan fingerprint density at radius 1 is 1.35 bits per heavy atom. The number of hydrogen-bond donors (Lipinski definition) is 2. The van der Waals surface area contributed by atoms with E-state index in [4.69, 9.17) is 16.3 Å². The van der Waals surface area contributed by atoms with E-state index < -0.39 is 16.9 Å². The van der Waals surface area contributed by atoms with E-state index in [0.717, 1.165) is 11.6 Å². The lowest BCUT2D eigenvalue weighted by molar-refractivity contribution is -0.384. The fourth-order valence-corrected chi connectivity index (χ4v) is 2.79. The van der Waals surface area contributed by atoms with Crippen molar-refractivity contribution in [3.8, 4) is 5.75 Å². The molecule has 2 N–H and O–H groups in total. The first-order chi connectivity index (χ1) is 12.3. The van der Waals surface area contributed by atoms with E-state index in [9.17, 15) is 19.7 Å². The summed E-state index contributed by atoms with van der Waals surface area (Å²) in [7, 11) is 0. The number of rotatable bonds is 4. The Balaban J connectivity index is 1.76. The number of amides is 2. The van der Waals surface area contributed by atoms with Gasteiger partial charge in [-0.1, -0.05) is 17.7 Å². The highest BCUT2D eigenvalue weighted by Crippen LogP contribution is 2.31. The number of ether oxygens (including phenoxy) is 1. The molecule has 0 aliphatic carbocycles. The molecular formula is C17H14ClN3O5. The Morgan fingerprint density at radius 2 is 2.12 bits per heavy atom. The second-order valence-electron chi connectivity index (χ2n) is 5.71. The normalized spacial score (nSPS) is 13.8. The largest absolute Gasteiger partial charge is 0.482 e. The summed E-state index contributed by atoms with van der Waals surface area (Å²) in [5.41, 5.74) is 1.23. The monoisotopic (exact) mass is 375 g/mol. The van der Waals surface area contributed by atoms with E-state index in [1.807, 2.05) is 0 Å². The van der Waals surface area contributed by atoms with Crippen LogP contribution in [0.15, 0.2) is 36.4 Å². The minimum Gasteiger partial charge on any atom is -0.482 e. The molecule has 1 heterocycles. The van der Waals surface area contributed by atoms with Gasteiger partial charge >= 0.3 is 0 Å². The van der Waals surface area contributed by atoms with Crippen LogP contribution in [0.25, 0.3) is 0 Å². The van der Waals surface area contributed by atoms with Gasteiger partial charge in [-0.05, 0) is 30.7 Å². The van der Waals surface area contributed by atoms with Crippen LogP contribution in [0.2, 0.25) is 5.02 Å². The molecule has 1 atom stereocenters. The first-order valence-electron chi connectivity index (χ1n) is 7.66. The molecule has 0 radical (unpaired) electrons. The van der Waals surface area contributed by atoms with Crippen LogP contribution in [0, 0.1) is 10.1 Å². The van der Waals surface area contributed by atoms with Crippen LogP contribution in [0.5, 0.6) is 5.75 Å². The van der Waals surface area contributed by atoms with Gasteiger partial charge in [0, 0.05) is 12.1 Å². The second-order valence-corrected chi connectivity index (χ2v) is 6.12. The molecule has 0 bridgehead atoms. The van der Waals surface area contributed by atoms with Crippen LogP contribution in [-0.4, -0.2) is 23.3 Å². The predicted molar refractivity (Wildman–Crippen MR) is 94.6 cm³/mol. The fraction of sp³-hybridized carbons (Fsp3) is 0.176. The zero-order chi connectivity index (χ0) is 18.8. The first-order valence-corrected chi connectivity index (χ1v) is 8.04. The number of hydrogen-bond acceptors (Lipinski definition) is 5. The van der Waals surface area contributed by atoms with Crippen molar-refractivity contribution < 1.29 is 19.2 Å². The predicted octanol–water partition coefficient (Wildman–Crippen LogP) is 3.07. The van der Waals surface area contributed by atoms with Crippen LogP contribution in [0.3, 0.4) is 0 Å². The third-order valence-corrected chi connectivity index (χ3v) is 4.20. The standard InChI is InChI=1S/C17H14ClN3O5/c1-9(10-2-5-15-14(6-10)20-16(22)8-26-15)19-17(23)12-4-3-11(21(24)25)7-13(12)18/h2-7,9H,8H2,1H3,(H,19,23)(H,20,22)/t9-/m1/s1. The molecule has 0 saturated carbocycles. The summed E-state index contributed by atoms with van der Waals surface area (Å²) in [6.07, 6.45) is 0. The minimum atomic E-state index is -0.584. The maximum Gasteiger partial charge on any atom is 0.270 e. The SMILES string of the molecule is C[C@@H](NC(=O)c1ccc([N+](=O)[O-])cc1Cl)c1ccc2c(c1)NC(=O)CO2. The number of non-ortho nitro benzene ring substituents is 1. The van der Waals surface area contributed by atoms with Gasteiger partial charge < -0.3 is 15.4 Å². The topological polar surface area (TPSA) is 111 Å². The third kappa shape index (κ3) is 3.60. The van der Waals surface area contributed by atoms with Gasteiger partial charge in [-0.15, -0.1) is 0 Å². The van der Waals surface area contributed by atoms with Crippen molar-refractivity contribution in [1.82, 2.24) is 5.32 Å². The molecule has 0 fully saturated rings. The van der Waals surface area contributed by atoms with Crippen LogP contribution in [0.1, 0.15) is 28.9 Å². The molecule has 0 aromatic heterocycles. The average Bonchev–Trinajstić information content (AvgIpc) is 2.60. The summed E-state index contributed by atoms with van der Waals surface area (Å²) in [4.78, 5) is 34.0. The van der Waals surface area contributed by atoms with Crippen LogP contribution in [0.4, 0.5) is 11.4 Å². The van der Waals surface area contributed by atoms with Gasteiger partial charge in [0.15, 0.2) is 6.61 Å². The number of fused-ring (bicyclic) bond motifs is 1. The van der Waals surface area contributed by atoms with Crippen molar-refractivity contribution in [2.45, 2.75) is 13.0 Å². The number of carbonyl (C=O) groups is 2. The van der Waals surface area contributed by atoms with E-state index in [0.29, 0.717) is 11.4 Å². The maximum absolute atomic E-state index is 12.4. The van der Waals surface area contributed by atoms with Crippen molar-refractivity contribution in [3.05, 3.63) is 62.7 Å². The zero-order valence-electron chi connectivity index (χ0n) is 13.6. The smallest absolute Gasteiger partial charge is 0.270 e. The molecular weight excluding hydrogens is 362 g/mol. The molecule has 3 rings (SSSR count). The van der Waals surface area contributed by atoms with E-state index in [2.05, 4.69) is 10.6 Å². The average molecular weight is 376 g/mol. The molecule has 0 saturated heterocycles. The van der Waals surface area contributed by atoms with Gasteiger partial charge in [0.1, 0.15) is 5.75 Å². The lowest BCUT2D eigenvalue weighted by atomic mass is 10.1. The Kier molecular flexibility index (Phi) is 4.77. The Morgan fingerprint density at radius 3 is 2.81 bits per heavy atom. The minimum absolute atomic E-state index is 0.00463. The van der Waals surface area contributed by atoms with E-state index in [-0.39, 0.29) is 28.8 Å². The van der Waals surface area contributed by atoms with Gasteiger partial charge in [-0.3, -0.25) is 19.7 Å². The van der Waals surface area contributed by atoms with Gasteiger partial charge in [0.25, 0.3) is 17.5 Å². The van der Waals surface area contributed by atoms with Crippen molar-refractivity contribution in [3.63, 3.8) is 0 Å². The number of nitro groups is 1. The van der Waals surface area contributed by atoms with E-state index in [1.54, 1.807) is 25.1 Å². The number of carbonyl (C=O) groups excluding carboxylic acids is 2. The molecule has 9 heteroatoms. The van der Waals surface area contributed by atoms with Crippen molar-refractivity contribution in [2.75, 3.05) is 11.9 Å². The highest BCUT2D eigenvalue weighted by molar-refractivity contribution is 6.34. The molecule has 2 amide bonds. The molecule has 0 spiro atoms.